The first-order chi connectivity index (χ1) is 5.25. The molecule has 0 aromatic carbocycles. The maximum absolute atomic E-state index is 5.72. The summed E-state index contributed by atoms with van der Waals surface area (Å²) < 4.78 is 0.924. The lowest BCUT2D eigenvalue weighted by Crippen LogP contribution is -2.07. The van der Waals surface area contributed by atoms with Gasteiger partial charge in [-0.15, -0.1) is 6.58 Å². The van der Waals surface area contributed by atoms with Crippen LogP contribution in [0.25, 0.3) is 0 Å². The molecular formula is C8H9BrN2. The van der Waals surface area contributed by atoms with E-state index in [4.69, 9.17) is 5.73 Å². The summed E-state index contributed by atoms with van der Waals surface area (Å²) in [5, 5.41) is 0. The fraction of sp³-hybridized carbons (Fsp3) is 0.125. The van der Waals surface area contributed by atoms with Crippen molar-refractivity contribution >= 4 is 15.9 Å². The number of pyridine rings is 1. The van der Waals surface area contributed by atoms with Crippen molar-refractivity contribution < 1.29 is 0 Å². The molecule has 0 unspecified atom stereocenters. The van der Waals surface area contributed by atoms with Gasteiger partial charge in [0.1, 0.15) is 0 Å². The quantitative estimate of drug-likeness (QED) is 0.763. The molecule has 1 heterocycles. The van der Waals surface area contributed by atoms with Gasteiger partial charge in [-0.1, -0.05) is 6.08 Å². The van der Waals surface area contributed by atoms with Crippen LogP contribution in [-0.2, 0) is 0 Å². The smallest absolute Gasteiger partial charge is 0.0490 e. The van der Waals surface area contributed by atoms with E-state index in [1.165, 1.54) is 0 Å². The minimum atomic E-state index is -0.118. The van der Waals surface area contributed by atoms with E-state index in [2.05, 4.69) is 27.5 Å². The Labute approximate surface area is 74.3 Å². The zero-order chi connectivity index (χ0) is 8.27. The van der Waals surface area contributed by atoms with Crippen molar-refractivity contribution in [2.75, 3.05) is 0 Å². The van der Waals surface area contributed by atoms with Gasteiger partial charge in [0.05, 0.1) is 0 Å². The number of hydrogen-bond acceptors (Lipinski definition) is 2. The summed E-state index contributed by atoms with van der Waals surface area (Å²) >= 11 is 3.35. The largest absolute Gasteiger partial charge is 0.321 e. The third kappa shape index (κ3) is 1.88. The number of nitrogens with zero attached hydrogens (tertiary/aromatic N) is 1. The normalized spacial score (nSPS) is 12.5. The molecule has 0 fully saturated rings. The molecule has 58 valence electrons. The molecule has 0 aliphatic rings. The average molecular weight is 213 g/mol. The van der Waals surface area contributed by atoms with E-state index in [-0.39, 0.29) is 6.04 Å². The standard InChI is InChI=1S/C8H9BrN2/c1-2-8(10)6-3-4-11-5-7(6)9/h2-5,8H,1,10H2/t8-/m1/s1. The van der Waals surface area contributed by atoms with Gasteiger partial charge in [-0.25, -0.2) is 0 Å². The minimum absolute atomic E-state index is 0.118. The van der Waals surface area contributed by atoms with E-state index in [1.807, 2.05) is 6.07 Å². The number of hydrogen-bond donors (Lipinski definition) is 1. The van der Waals surface area contributed by atoms with E-state index in [1.54, 1.807) is 18.5 Å². The van der Waals surface area contributed by atoms with Gasteiger partial charge < -0.3 is 5.73 Å². The van der Waals surface area contributed by atoms with Gasteiger partial charge in [0.25, 0.3) is 0 Å². The molecular weight excluding hydrogens is 204 g/mol. The van der Waals surface area contributed by atoms with Crippen LogP contribution >= 0.6 is 15.9 Å². The molecule has 1 aromatic heterocycles. The Bertz CT molecular complexity index is 260. The van der Waals surface area contributed by atoms with Crippen molar-refractivity contribution in [1.82, 2.24) is 4.98 Å². The summed E-state index contributed by atoms with van der Waals surface area (Å²) in [6, 6.07) is 1.75. The van der Waals surface area contributed by atoms with Crippen LogP contribution in [0.2, 0.25) is 0 Å². The van der Waals surface area contributed by atoms with Crippen LogP contribution in [-0.4, -0.2) is 4.98 Å². The molecule has 11 heavy (non-hydrogen) atoms. The summed E-state index contributed by atoms with van der Waals surface area (Å²) in [5.41, 5.74) is 6.73. The van der Waals surface area contributed by atoms with E-state index in [0.717, 1.165) is 10.0 Å². The number of aromatic nitrogens is 1. The van der Waals surface area contributed by atoms with Crippen LogP contribution in [0.5, 0.6) is 0 Å². The predicted molar refractivity (Wildman–Crippen MR) is 49.1 cm³/mol. The number of rotatable bonds is 2. The summed E-state index contributed by atoms with van der Waals surface area (Å²) in [4.78, 5) is 3.92. The molecule has 0 spiro atoms. The molecule has 0 bridgehead atoms. The predicted octanol–water partition coefficient (Wildman–Crippen LogP) is 2.03. The molecule has 1 rings (SSSR count). The van der Waals surface area contributed by atoms with Crippen molar-refractivity contribution in [2.24, 2.45) is 5.73 Å². The van der Waals surface area contributed by atoms with Gasteiger partial charge in [-0.3, -0.25) is 4.98 Å². The zero-order valence-corrected chi connectivity index (χ0v) is 7.58. The summed E-state index contributed by atoms with van der Waals surface area (Å²) in [5.74, 6) is 0. The van der Waals surface area contributed by atoms with E-state index in [0.29, 0.717) is 0 Å². The van der Waals surface area contributed by atoms with Crippen LogP contribution in [0.4, 0.5) is 0 Å². The first-order valence-electron chi connectivity index (χ1n) is 3.23. The molecule has 2 N–H and O–H groups in total. The lowest BCUT2D eigenvalue weighted by molar-refractivity contribution is 0.902. The van der Waals surface area contributed by atoms with Crippen LogP contribution < -0.4 is 5.73 Å². The zero-order valence-electron chi connectivity index (χ0n) is 6.00. The highest BCUT2D eigenvalue weighted by molar-refractivity contribution is 9.10. The topological polar surface area (TPSA) is 38.9 Å². The van der Waals surface area contributed by atoms with Crippen molar-refractivity contribution in [3.05, 3.63) is 41.2 Å². The highest BCUT2D eigenvalue weighted by Crippen LogP contribution is 2.20. The minimum Gasteiger partial charge on any atom is -0.321 e. The second-order valence-electron chi connectivity index (χ2n) is 2.16. The van der Waals surface area contributed by atoms with Crippen molar-refractivity contribution in [3.8, 4) is 0 Å². The summed E-state index contributed by atoms with van der Waals surface area (Å²) in [6.07, 6.45) is 5.13. The van der Waals surface area contributed by atoms with Crippen LogP contribution in [0.15, 0.2) is 35.6 Å². The van der Waals surface area contributed by atoms with Crippen molar-refractivity contribution in [2.45, 2.75) is 6.04 Å². The maximum Gasteiger partial charge on any atom is 0.0490 e. The van der Waals surface area contributed by atoms with Crippen LogP contribution in [0, 0.1) is 0 Å². The molecule has 3 heteroatoms. The van der Waals surface area contributed by atoms with Gasteiger partial charge in [0, 0.05) is 22.9 Å². The molecule has 0 saturated carbocycles. The molecule has 1 atom stereocenters. The highest BCUT2D eigenvalue weighted by atomic mass is 79.9. The van der Waals surface area contributed by atoms with Crippen molar-refractivity contribution in [3.63, 3.8) is 0 Å². The lowest BCUT2D eigenvalue weighted by Gasteiger charge is -2.07. The van der Waals surface area contributed by atoms with E-state index >= 15 is 0 Å². The Morgan fingerprint density at radius 1 is 1.73 bits per heavy atom. The Kier molecular flexibility index (Phi) is 2.79. The maximum atomic E-state index is 5.72. The SMILES string of the molecule is C=C[C@@H](N)c1ccncc1Br. The molecule has 2 nitrogen and oxygen atoms in total. The van der Waals surface area contributed by atoms with E-state index < -0.39 is 0 Å². The lowest BCUT2D eigenvalue weighted by atomic mass is 10.1. The van der Waals surface area contributed by atoms with Crippen LogP contribution in [0.3, 0.4) is 0 Å². The van der Waals surface area contributed by atoms with Crippen molar-refractivity contribution in [1.29, 1.82) is 0 Å². The van der Waals surface area contributed by atoms with Gasteiger partial charge >= 0.3 is 0 Å². The molecule has 1 aromatic rings. The third-order valence-corrected chi connectivity index (χ3v) is 2.08. The molecule has 0 saturated heterocycles. The first kappa shape index (κ1) is 8.43. The summed E-state index contributed by atoms with van der Waals surface area (Å²) in [6.45, 7) is 3.61. The molecule has 0 aliphatic carbocycles. The second kappa shape index (κ2) is 3.64. The fourth-order valence-electron chi connectivity index (χ4n) is 0.783. The third-order valence-electron chi connectivity index (χ3n) is 1.42. The Morgan fingerprint density at radius 2 is 2.45 bits per heavy atom. The van der Waals surface area contributed by atoms with Gasteiger partial charge in [0.2, 0.25) is 0 Å². The fourth-order valence-corrected chi connectivity index (χ4v) is 1.30. The molecule has 0 amide bonds. The Hall–Kier alpha value is -0.670. The van der Waals surface area contributed by atoms with Crippen LogP contribution in [0.1, 0.15) is 11.6 Å². The Balaban J connectivity index is 3.02. The number of nitrogens with two attached hydrogens (primary N) is 1. The van der Waals surface area contributed by atoms with Gasteiger partial charge in [-0.2, -0.15) is 0 Å². The Morgan fingerprint density at radius 3 is 3.00 bits per heavy atom. The molecule has 0 radical (unpaired) electrons. The molecule has 0 aliphatic heterocycles. The summed E-state index contributed by atoms with van der Waals surface area (Å²) in [7, 11) is 0. The monoisotopic (exact) mass is 212 g/mol. The highest BCUT2D eigenvalue weighted by Gasteiger charge is 2.03. The van der Waals surface area contributed by atoms with E-state index in [9.17, 15) is 0 Å². The second-order valence-corrected chi connectivity index (χ2v) is 3.01. The average Bonchev–Trinajstić information content (AvgIpc) is 2.04. The van der Waals surface area contributed by atoms with Gasteiger partial charge in [0.15, 0.2) is 0 Å². The number of halogens is 1. The first-order valence-corrected chi connectivity index (χ1v) is 4.02. The van der Waals surface area contributed by atoms with Gasteiger partial charge in [-0.05, 0) is 27.6 Å².